The third-order valence-corrected chi connectivity index (χ3v) is 3.41. The quantitative estimate of drug-likeness (QED) is 0.907. The van der Waals surface area contributed by atoms with Gasteiger partial charge in [-0.05, 0) is 18.6 Å². The Kier molecular flexibility index (Phi) is 3.74. The monoisotopic (exact) mass is 289 g/mol. The highest BCUT2D eigenvalue weighted by Gasteiger charge is 2.37. The molecule has 1 aromatic heterocycles. The van der Waals surface area contributed by atoms with Gasteiger partial charge in [0.05, 0.1) is 5.56 Å². The lowest BCUT2D eigenvalue weighted by Gasteiger charge is -2.27. The van der Waals surface area contributed by atoms with Crippen molar-refractivity contribution in [1.82, 2.24) is 9.88 Å². The van der Waals surface area contributed by atoms with Gasteiger partial charge in [-0.15, -0.1) is 0 Å². The summed E-state index contributed by atoms with van der Waals surface area (Å²) in [5.74, 6) is -0.169. The average Bonchev–Trinajstić information content (AvgIpc) is 2.86. The molecule has 1 fully saturated rings. The molecule has 1 atom stereocenters. The van der Waals surface area contributed by atoms with Crippen LogP contribution < -0.4 is 4.90 Å². The number of nitrogens with zero attached hydrogens (tertiary/aromatic N) is 3. The van der Waals surface area contributed by atoms with E-state index < -0.39 is 17.8 Å². The molecule has 1 aromatic rings. The summed E-state index contributed by atoms with van der Waals surface area (Å²) in [7, 11) is 1.51. The fraction of sp³-hybridized carbons (Fsp3) is 0.500. The molecule has 0 radical (unpaired) electrons. The van der Waals surface area contributed by atoms with Gasteiger partial charge in [0.15, 0.2) is 0 Å². The molecule has 0 spiro atoms. The highest BCUT2D eigenvalue weighted by atomic mass is 19.4. The predicted octanol–water partition coefficient (Wildman–Crippen LogP) is 2.29. The molecule has 0 aliphatic carbocycles. The molecular weight excluding hydrogens is 275 g/mol. The number of likely N-dealkylation sites (tertiary alicyclic amines) is 1. The van der Waals surface area contributed by atoms with E-state index in [9.17, 15) is 18.0 Å². The van der Waals surface area contributed by atoms with Gasteiger partial charge in [-0.3, -0.25) is 0 Å². The standard InChI is InChI=1S/C12H14F3N3O2/c1-17(8-4-6-18(7-8)11(19)20)10-9(12(13,14)15)3-2-5-16-10/h2-3,5,8H,4,6-7H2,1H3,(H,19,20). The topological polar surface area (TPSA) is 56.7 Å². The maximum atomic E-state index is 12.9. The minimum Gasteiger partial charge on any atom is -0.465 e. The molecule has 110 valence electrons. The van der Waals surface area contributed by atoms with Crippen LogP contribution in [-0.2, 0) is 6.18 Å². The van der Waals surface area contributed by atoms with E-state index in [4.69, 9.17) is 5.11 Å². The Morgan fingerprint density at radius 3 is 2.80 bits per heavy atom. The number of amides is 1. The van der Waals surface area contributed by atoms with Gasteiger partial charge in [0.2, 0.25) is 0 Å². The smallest absolute Gasteiger partial charge is 0.419 e. The molecule has 2 rings (SSSR count). The number of rotatable bonds is 2. The Labute approximate surface area is 113 Å². The van der Waals surface area contributed by atoms with E-state index in [2.05, 4.69) is 4.98 Å². The van der Waals surface area contributed by atoms with Crippen LogP contribution in [0.25, 0.3) is 0 Å². The molecule has 1 aliphatic heterocycles. The van der Waals surface area contributed by atoms with E-state index in [1.54, 1.807) is 0 Å². The van der Waals surface area contributed by atoms with Gasteiger partial charge in [-0.1, -0.05) is 0 Å². The summed E-state index contributed by atoms with van der Waals surface area (Å²) in [6.07, 6.45) is -3.76. The van der Waals surface area contributed by atoms with Crippen LogP contribution in [-0.4, -0.2) is 47.3 Å². The van der Waals surface area contributed by atoms with Gasteiger partial charge in [-0.25, -0.2) is 9.78 Å². The number of alkyl halides is 3. The Balaban J connectivity index is 2.22. The van der Waals surface area contributed by atoms with E-state index in [-0.39, 0.29) is 18.4 Å². The molecule has 0 saturated carbocycles. The molecule has 0 aromatic carbocycles. The van der Waals surface area contributed by atoms with Crippen LogP contribution in [0.1, 0.15) is 12.0 Å². The minimum absolute atomic E-state index is 0.169. The van der Waals surface area contributed by atoms with E-state index >= 15 is 0 Å². The fourth-order valence-corrected chi connectivity index (χ4v) is 2.30. The highest BCUT2D eigenvalue weighted by Crippen LogP contribution is 2.36. The highest BCUT2D eigenvalue weighted by molar-refractivity contribution is 5.65. The third kappa shape index (κ3) is 2.78. The zero-order valence-corrected chi connectivity index (χ0v) is 10.8. The Morgan fingerprint density at radius 1 is 1.55 bits per heavy atom. The SMILES string of the molecule is CN(c1ncccc1C(F)(F)F)C1CCN(C(=O)O)C1. The molecule has 1 aliphatic rings. The largest absolute Gasteiger partial charge is 0.465 e. The Morgan fingerprint density at radius 2 is 2.25 bits per heavy atom. The summed E-state index contributed by atoms with van der Waals surface area (Å²) < 4.78 is 38.8. The van der Waals surface area contributed by atoms with E-state index in [0.717, 1.165) is 6.07 Å². The average molecular weight is 289 g/mol. The van der Waals surface area contributed by atoms with Gasteiger partial charge >= 0.3 is 12.3 Å². The molecule has 1 unspecified atom stereocenters. The third-order valence-electron chi connectivity index (χ3n) is 3.41. The molecule has 0 bridgehead atoms. The van der Waals surface area contributed by atoms with Crippen LogP contribution in [0.4, 0.5) is 23.8 Å². The van der Waals surface area contributed by atoms with E-state index in [0.29, 0.717) is 13.0 Å². The summed E-state index contributed by atoms with van der Waals surface area (Å²) in [6.45, 7) is 0.498. The van der Waals surface area contributed by atoms with Gasteiger partial charge < -0.3 is 14.9 Å². The Bertz CT molecular complexity index is 507. The van der Waals surface area contributed by atoms with Crippen molar-refractivity contribution in [3.05, 3.63) is 23.9 Å². The maximum absolute atomic E-state index is 12.9. The molecule has 1 N–H and O–H groups in total. The summed E-state index contributed by atoms with van der Waals surface area (Å²) in [4.78, 5) is 17.2. The normalized spacial score (nSPS) is 19.2. The number of hydrogen-bond donors (Lipinski definition) is 1. The fourth-order valence-electron chi connectivity index (χ4n) is 2.30. The molecule has 2 heterocycles. The summed E-state index contributed by atoms with van der Waals surface area (Å²) in [5, 5.41) is 8.88. The maximum Gasteiger partial charge on any atom is 0.419 e. The number of anilines is 1. The van der Waals surface area contributed by atoms with Crippen molar-refractivity contribution < 1.29 is 23.1 Å². The van der Waals surface area contributed by atoms with Crippen molar-refractivity contribution in [3.8, 4) is 0 Å². The van der Waals surface area contributed by atoms with Crippen molar-refractivity contribution >= 4 is 11.9 Å². The van der Waals surface area contributed by atoms with Crippen LogP contribution >= 0.6 is 0 Å². The first-order chi connectivity index (χ1) is 9.30. The molecule has 8 heteroatoms. The number of carboxylic acid groups (broad SMARTS) is 1. The second-order valence-corrected chi connectivity index (χ2v) is 4.65. The summed E-state index contributed by atoms with van der Waals surface area (Å²) in [6, 6.07) is 1.91. The number of likely N-dealkylation sites (N-methyl/N-ethyl adjacent to an activating group) is 1. The van der Waals surface area contributed by atoms with Crippen molar-refractivity contribution in [2.45, 2.75) is 18.6 Å². The van der Waals surface area contributed by atoms with Gasteiger partial charge in [0.25, 0.3) is 0 Å². The first kappa shape index (κ1) is 14.4. The summed E-state index contributed by atoms with van der Waals surface area (Å²) in [5.41, 5.74) is -0.809. The van der Waals surface area contributed by atoms with Crippen LogP contribution in [0.5, 0.6) is 0 Å². The Hall–Kier alpha value is -1.99. The van der Waals surface area contributed by atoms with Crippen LogP contribution in [0.3, 0.4) is 0 Å². The lowest BCUT2D eigenvalue weighted by atomic mass is 10.2. The second kappa shape index (κ2) is 5.18. The lowest BCUT2D eigenvalue weighted by molar-refractivity contribution is -0.137. The zero-order valence-electron chi connectivity index (χ0n) is 10.8. The molecule has 1 saturated heterocycles. The number of halogens is 3. The van der Waals surface area contributed by atoms with Crippen molar-refractivity contribution in [3.63, 3.8) is 0 Å². The van der Waals surface area contributed by atoms with Crippen molar-refractivity contribution in [1.29, 1.82) is 0 Å². The first-order valence-electron chi connectivity index (χ1n) is 6.03. The van der Waals surface area contributed by atoms with Crippen molar-refractivity contribution in [2.24, 2.45) is 0 Å². The zero-order chi connectivity index (χ0) is 14.9. The molecule has 1 amide bonds. The van der Waals surface area contributed by atoms with E-state index in [1.807, 2.05) is 0 Å². The van der Waals surface area contributed by atoms with Gasteiger partial charge in [0.1, 0.15) is 5.82 Å². The predicted molar refractivity (Wildman–Crippen MR) is 65.6 cm³/mol. The molecule has 5 nitrogen and oxygen atoms in total. The number of aromatic nitrogens is 1. The van der Waals surface area contributed by atoms with E-state index in [1.165, 1.54) is 29.1 Å². The van der Waals surface area contributed by atoms with Gasteiger partial charge in [-0.2, -0.15) is 13.2 Å². The van der Waals surface area contributed by atoms with Crippen LogP contribution in [0.15, 0.2) is 18.3 Å². The second-order valence-electron chi connectivity index (χ2n) is 4.65. The number of hydrogen-bond acceptors (Lipinski definition) is 3. The van der Waals surface area contributed by atoms with Crippen LogP contribution in [0.2, 0.25) is 0 Å². The molecular formula is C12H14F3N3O2. The number of carbonyl (C=O) groups is 1. The summed E-state index contributed by atoms with van der Waals surface area (Å²) >= 11 is 0. The van der Waals surface area contributed by atoms with Crippen LogP contribution in [0, 0.1) is 0 Å². The van der Waals surface area contributed by atoms with Gasteiger partial charge in [0, 0.05) is 32.4 Å². The first-order valence-corrected chi connectivity index (χ1v) is 6.03. The lowest BCUT2D eigenvalue weighted by Crippen LogP contribution is -2.37. The number of pyridine rings is 1. The minimum atomic E-state index is -4.48. The molecule has 20 heavy (non-hydrogen) atoms. The van der Waals surface area contributed by atoms with Crippen molar-refractivity contribution in [2.75, 3.05) is 25.0 Å².